The number of halogens is 1. The lowest BCUT2D eigenvalue weighted by Gasteiger charge is -2.35. The number of amides is 2. The van der Waals surface area contributed by atoms with E-state index in [1.165, 1.54) is 12.0 Å². The van der Waals surface area contributed by atoms with Gasteiger partial charge in [0.05, 0.1) is 25.0 Å². The molecular weight excluding hydrogens is 379 g/mol. The number of nitrogens with two attached hydrogens (primary N) is 1. The predicted molar refractivity (Wildman–Crippen MR) is 103 cm³/mol. The van der Waals surface area contributed by atoms with Gasteiger partial charge in [0.2, 0.25) is 0 Å². The highest BCUT2D eigenvalue weighted by molar-refractivity contribution is 5.92. The molecule has 1 unspecified atom stereocenters. The molecule has 0 spiro atoms. The molecule has 29 heavy (non-hydrogen) atoms. The van der Waals surface area contributed by atoms with Gasteiger partial charge in [-0.05, 0) is 44.7 Å². The maximum absolute atomic E-state index is 14.2. The van der Waals surface area contributed by atoms with Gasteiger partial charge < -0.3 is 15.2 Å². The number of anilines is 1. The molecular formula is C20H23FN4O4. The van der Waals surface area contributed by atoms with Crippen LogP contribution in [-0.4, -0.2) is 41.3 Å². The van der Waals surface area contributed by atoms with Crippen molar-refractivity contribution in [3.8, 4) is 16.9 Å². The first-order chi connectivity index (χ1) is 13.9. The zero-order valence-electron chi connectivity index (χ0n) is 16.3. The van der Waals surface area contributed by atoms with E-state index in [0.717, 1.165) is 18.4 Å². The molecule has 2 aliphatic rings. The van der Waals surface area contributed by atoms with E-state index in [4.69, 9.17) is 15.2 Å². The van der Waals surface area contributed by atoms with Crippen LogP contribution in [0.4, 0.5) is 14.9 Å². The molecule has 2 N–H and O–H groups in total. The average molecular weight is 402 g/mol. The number of benzene rings is 1. The van der Waals surface area contributed by atoms with E-state index in [1.54, 1.807) is 18.3 Å². The van der Waals surface area contributed by atoms with Crippen molar-refractivity contribution in [3.63, 3.8) is 0 Å². The number of primary amides is 1. The standard InChI is InChI=1S/C20H23FN4O4/c1-11-3-6-15-16(25(11)20(27)28-2)8-7-14(17(15)29-18(21)19(22)26)12-9-23-24(10-12)13-4-5-13/h7-11,13,18H,3-6H2,1-2H3,(H2,22,26)/t11-,18?/m0/s1. The van der Waals surface area contributed by atoms with Crippen molar-refractivity contribution in [2.45, 2.75) is 51.0 Å². The Bertz CT molecular complexity index is 956. The highest BCUT2D eigenvalue weighted by Gasteiger charge is 2.33. The molecule has 2 aromatic rings. The van der Waals surface area contributed by atoms with Gasteiger partial charge in [0, 0.05) is 28.9 Å². The highest BCUT2D eigenvalue weighted by Crippen LogP contribution is 2.44. The lowest BCUT2D eigenvalue weighted by atomic mass is 9.92. The zero-order valence-corrected chi connectivity index (χ0v) is 16.3. The van der Waals surface area contributed by atoms with Crippen LogP contribution in [0, 0.1) is 0 Å². The minimum atomic E-state index is -2.30. The lowest BCUT2D eigenvalue weighted by Crippen LogP contribution is -2.42. The van der Waals surface area contributed by atoms with Crippen molar-refractivity contribution >= 4 is 17.7 Å². The van der Waals surface area contributed by atoms with Gasteiger partial charge in [0.25, 0.3) is 5.91 Å². The summed E-state index contributed by atoms with van der Waals surface area (Å²) < 4.78 is 26.4. The molecule has 8 nitrogen and oxygen atoms in total. The molecule has 2 heterocycles. The number of fused-ring (bicyclic) bond motifs is 1. The highest BCUT2D eigenvalue weighted by atomic mass is 19.1. The number of aromatic nitrogens is 2. The number of methoxy groups -OCH3 is 1. The van der Waals surface area contributed by atoms with Crippen LogP contribution in [0.15, 0.2) is 24.5 Å². The Kier molecular flexibility index (Phi) is 4.89. The smallest absolute Gasteiger partial charge is 0.414 e. The maximum atomic E-state index is 14.2. The molecule has 1 aliphatic heterocycles. The Morgan fingerprint density at radius 3 is 2.72 bits per heavy atom. The quantitative estimate of drug-likeness (QED) is 0.829. The molecule has 9 heteroatoms. The van der Waals surface area contributed by atoms with Crippen LogP contribution >= 0.6 is 0 Å². The van der Waals surface area contributed by atoms with Gasteiger partial charge in [-0.2, -0.15) is 9.49 Å². The molecule has 2 amide bonds. The first kappa shape index (κ1) is 19.2. The predicted octanol–water partition coefficient (Wildman–Crippen LogP) is 2.95. The second kappa shape index (κ2) is 7.38. The summed E-state index contributed by atoms with van der Waals surface area (Å²) in [6.45, 7) is 1.91. The van der Waals surface area contributed by atoms with E-state index < -0.39 is 18.4 Å². The van der Waals surface area contributed by atoms with Gasteiger partial charge in [0.1, 0.15) is 5.75 Å². The van der Waals surface area contributed by atoms with Gasteiger partial charge in [-0.3, -0.25) is 14.4 Å². The first-order valence-corrected chi connectivity index (χ1v) is 9.58. The molecule has 1 aromatic carbocycles. The van der Waals surface area contributed by atoms with Crippen LogP contribution in [0.1, 0.15) is 37.8 Å². The summed E-state index contributed by atoms with van der Waals surface area (Å²) in [4.78, 5) is 25.2. The molecule has 1 fully saturated rings. The molecule has 0 saturated heterocycles. The second-order valence-corrected chi connectivity index (χ2v) is 7.44. The van der Waals surface area contributed by atoms with E-state index in [1.807, 2.05) is 17.8 Å². The Morgan fingerprint density at radius 2 is 2.07 bits per heavy atom. The fourth-order valence-corrected chi connectivity index (χ4v) is 3.72. The molecule has 4 rings (SSSR count). The average Bonchev–Trinajstić information content (AvgIpc) is 3.44. The van der Waals surface area contributed by atoms with Crippen LogP contribution in [-0.2, 0) is 16.0 Å². The normalized spacial score (nSPS) is 19.4. The Morgan fingerprint density at radius 1 is 1.31 bits per heavy atom. The van der Waals surface area contributed by atoms with Gasteiger partial charge >= 0.3 is 12.5 Å². The SMILES string of the molecule is COC(=O)N1c2ccc(-c3cnn(C4CC4)c3)c(OC(F)C(N)=O)c2CC[C@@H]1C. The zero-order chi connectivity index (χ0) is 20.7. The summed E-state index contributed by atoms with van der Waals surface area (Å²) in [5.74, 6) is -1.01. The third kappa shape index (κ3) is 3.52. The molecule has 1 aliphatic carbocycles. The van der Waals surface area contributed by atoms with Gasteiger partial charge in [-0.1, -0.05) is 0 Å². The third-order valence-electron chi connectivity index (χ3n) is 5.40. The molecule has 154 valence electrons. The third-order valence-corrected chi connectivity index (χ3v) is 5.40. The van der Waals surface area contributed by atoms with Crippen LogP contribution < -0.4 is 15.4 Å². The van der Waals surface area contributed by atoms with E-state index in [0.29, 0.717) is 35.7 Å². The van der Waals surface area contributed by atoms with Crippen LogP contribution in [0.2, 0.25) is 0 Å². The minimum absolute atomic E-state index is 0.0939. The van der Waals surface area contributed by atoms with Crippen LogP contribution in [0.5, 0.6) is 5.75 Å². The van der Waals surface area contributed by atoms with Crippen molar-refractivity contribution in [1.29, 1.82) is 0 Å². The Labute approximate surface area is 167 Å². The first-order valence-electron chi connectivity index (χ1n) is 9.58. The number of ether oxygens (including phenoxy) is 2. The van der Waals surface area contributed by atoms with Crippen molar-refractivity contribution < 1.29 is 23.5 Å². The fraction of sp³-hybridized carbons (Fsp3) is 0.450. The van der Waals surface area contributed by atoms with Crippen molar-refractivity contribution in [3.05, 3.63) is 30.1 Å². The number of carbonyl (C=O) groups excluding carboxylic acids is 2. The monoisotopic (exact) mass is 402 g/mol. The van der Waals surface area contributed by atoms with E-state index in [2.05, 4.69) is 5.10 Å². The number of rotatable bonds is 5. The Balaban J connectivity index is 1.83. The van der Waals surface area contributed by atoms with Gasteiger partial charge in [-0.15, -0.1) is 0 Å². The van der Waals surface area contributed by atoms with Crippen molar-refractivity contribution in [1.82, 2.24) is 9.78 Å². The maximum Gasteiger partial charge on any atom is 0.414 e. The molecule has 0 radical (unpaired) electrons. The number of nitrogens with zero attached hydrogens (tertiary/aromatic N) is 3. The number of carbonyl (C=O) groups is 2. The van der Waals surface area contributed by atoms with Gasteiger partial charge in [-0.25, -0.2) is 4.79 Å². The number of hydrogen-bond acceptors (Lipinski definition) is 5. The van der Waals surface area contributed by atoms with E-state index in [-0.39, 0.29) is 11.8 Å². The fourth-order valence-electron chi connectivity index (χ4n) is 3.72. The summed E-state index contributed by atoms with van der Waals surface area (Å²) >= 11 is 0. The summed E-state index contributed by atoms with van der Waals surface area (Å²) in [5, 5.41) is 4.38. The van der Waals surface area contributed by atoms with E-state index >= 15 is 0 Å². The summed E-state index contributed by atoms with van der Waals surface area (Å²) in [6, 6.07) is 3.82. The lowest BCUT2D eigenvalue weighted by molar-refractivity contribution is -0.131. The molecule has 1 saturated carbocycles. The number of hydrogen-bond donors (Lipinski definition) is 1. The second-order valence-electron chi connectivity index (χ2n) is 7.44. The van der Waals surface area contributed by atoms with Crippen molar-refractivity contribution in [2.24, 2.45) is 5.73 Å². The Hall–Kier alpha value is -3.10. The van der Waals surface area contributed by atoms with E-state index in [9.17, 15) is 14.0 Å². The molecule has 2 atom stereocenters. The van der Waals surface area contributed by atoms with Crippen LogP contribution in [0.3, 0.4) is 0 Å². The molecule has 0 bridgehead atoms. The summed E-state index contributed by atoms with van der Waals surface area (Å²) in [5.41, 5.74) is 7.62. The number of alkyl halides is 1. The van der Waals surface area contributed by atoms with Crippen LogP contribution in [0.25, 0.3) is 11.1 Å². The largest absolute Gasteiger partial charge is 0.452 e. The molecule has 1 aromatic heterocycles. The van der Waals surface area contributed by atoms with Crippen molar-refractivity contribution in [2.75, 3.05) is 12.0 Å². The summed E-state index contributed by atoms with van der Waals surface area (Å²) in [7, 11) is 1.31. The topological polar surface area (TPSA) is 99.7 Å². The minimum Gasteiger partial charge on any atom is -0.452 e. The summed E-state index contributed by atoms with van der Waals surface area (Å²) in [6.07, 6.45) is 4.10. The van der Waals surface area contributed by atoms with Gasteiger partial charge in [0.15, 0.2) is 0 Å².